The van der Waals surface area contributed by atoms with E-state index in [4.69, 9.17) is 5.11 Å². The molecule has 90 valence electrons. The smallest absolute Gasteiger partial charge is 0.219 e. The van der Waals surface area contributed by atoms with Crippen LogP contribution >= 0.6 is 0 Å². The van der Waals surface area contributed by atoms with Gasteiger partial charge in [-0.05, 0) is 17.7 Å². The van der Waals surface area contributed by atoms with Gasteiger partial charge in [-0.1, -0.05) is 30.9 Å². The Morgan fingerprint density at radius 3 is 2.65 bits per heavy atom. The lowest BCUT2D eigenvalue weighted by molar-refractivity contribution is -0.120. The number of aliphatic hydroxyl groups is 1. The predicted molar refractivity (Wildman–Crippen MR) is 67.2 cm³/mol. The molecule has 17 heavy (non-hydrogen) atoms. The number of hydrogen-bond acceptors (Lipinski definition) is 2. The molecule has 0 aliphatic carbocycles. The number of carbonyl (C=O) groups excluding carboxylic acids is 1. The molecule has 0 atom stereocenters. The molecule has 0 unspecified atom stereocenters. The van der Waals surface area contributed by atoms with E-state index in [2.05, 4.69) is 17.2 Å². The van der Waals surface area contributed by atoms with Crippen molar-refractivity contribution in [1.29, 1.82) is 0 Å². The average molecular weight is 231 g/mol. The van der Waals surface area contributed by atoms with Crippen LogP contribution in [-0.2, 0) is 11.3 Å². The third-order valence-corrected chi connectivity index (χ3v) is 2.23. The van der Waals surface area contributed by atoms with Crippen LogP contribution in [0.15, 0.2) is 24.3 Å². The normalized spacial score (nSPS) is 9.29. The molecule has 0 aliphatic rings. The third kappa shape index (κ3) is 5.19. The highest BCUT2D eigenvalue weighted by atomic mass is 16.2. The summed E-state index contributed by atoms with van der Waals surface area (Å²) in [5.41, 5.74) is 1.98. The van der Waals surface area contributed by atoms with E-state index in [9.17, 15) is 4.79 Å². The van der Waals surface area contributed by atoms with Gasteiger partial charge >= 0.3 is 0 Å². The number of amides is 1. The first-order valence-electron chi connectivity index (χ1n) is 5.71. The van der Waals surface area contributed by atoms with Gasteiger partial charge in [-0.25, -0.2) is 0 Å². The largest absolute Gasteiger partial charge is 0.395 e. The van der Waals surface area contributed by atoms with Crippen LogP contribution in [0.25, 0.3) is 0 Å². The molecule has 0 fully saturated rings. The van der Waals surface area contributed by atoms with Crippen molar-refractivity contribution < 1.29 is 9.90 Å². The molecule has 1 aromatic carbocycles. The Hall–Kier alpha value is -1.79. The molecule has 0 aromatic heterocycles. The summed E-state index contributed by atoms with van der Waals surface area (Å²) in [7, 11) is 0. The number of aliphatic hydroxyl groups excluding tert-OH is 1. The molecule has 3 heteroatoms. The van der Waals surface area contributed by atoms with Crippen LogP contribution in [0, 0.1) is 11.8 Å². The van der Waals surface area contributed by atoms with Gasteiger partial charge in [0.1, 0.15) is 0 Å². The van der Waals surface area contributed by atoms with Gasteiger partial charge in [-0.3, -0.25) is 4.79 Å². The minimum atomic E-state index is 0.0526. The maximum Gasteiger partial charge on any atom is 0.219 e. The Morgan fingerprint density at radius 2 is 2.06 bits per heavy atom. The Kier molecular flexibility index (Phi) is 5.84. The Labute approximate surface area is 102 Å². The summed E-state index contributed by atoms with van der Waals surface area (Å²) in [6.07, 6.45) is 0.999. The van der Waals surface area contributed by atoms with Gasteiger partial charge in [-0.15, -0.1) is 0 Å². The summed E-state index contributed by atoms with van der Waals surface area (Å²) < 4.78 is 0. The molecule has 1 amide bonds. The zero-order valence-corrected chi connectivity index (χ0v) is 9.99. The second-order valence-corrected chi connectivity index (χ2v) is 3.60. The molecule has 3 nitrogen and oxygen atoms in total. The first-order chi connectivity index (χ1) is 8.26. The lowest BCUT2D eigenvalue weighted by atomic mass is 10.1. The Balaban J connectivity index is 2.51. The maximum atomic E-state index is 11.1. The lowest BCUT2D eigenvalue weighted by Gasteiger charge is -2.03. The van der Waals surface area contributed by atoms with Crippen molar-refractivity contribution in [1.82, 2.24) is 5.32 Å². The van der Waals surface area contributed by atoms with E-state index in [1.807, 2.05) is 31.2 Å². The number of nitrogens with one attached hydrogen (secondary N) is 1. The van der Waals surface area contributed by atoms with Gasteiger partial charge in [0.25, 0.3) is 0 Å². The first kappa shape index (κ1) is 13.3. The van der Waals surface area contributed by atoms with Gasteiger partial charge in [-0.2, -0.15) is 0 Å². The van der Waals surface area contributed by atoms with Crippen molar-refractivity contribution in [2.24, 2.45) is 0 Å². The second kappa shape index (κ2) is 7.48. The fourth-order valence-electron chi connectivity index (χ4n) is 1.25. The van der Waals surface area contributed by atoms with E-state index in [0.717, 1.165) is 11.1 Å². The molecule has 1 rings (SSSR count). The number of benzene rings is 1. The summed E-state index contributed by atoms with van der Waals surface area (Å²) in [6, 6.07) is 7.72. The molecule has 0 spiro atoms. The molecule has 0 heterocycles. The molecule has 0 saturated heterocycles. The predicted octanol–water partition coefficient (Wildman–Crippen LogP) is 1.45. The SMILES string of the molecule is CCC(=O)NCc1ccc(C#CCCO)cc1. The van der Waals surface area contributed by atoms with E-state index < -0.39 is 0 Å². The van der Waals surface area contributed by atoms with Crippen molar-refractivity contribution in [2.45, 2.75) is 26.3 Å². The molecule has 1 aromatic rings. The van der Waals surface area contributed by atoms with E-state index >= 15 is 0 Å². The molecular weight excluding hydrogens is 214 g/mol. The summed E-state index contributed by atoms with van der Waals surface area (Å²) >= 11 is 0. The summed E-state index contributed by atoms with van der Waals surface area (Å²) in [4.78, 5) is 11.1. The molecule has 0 aliphatic heterocycles. The quantitative estimate of drug-likeness (QED) is 0.770. The average Bonchev–Trinajstić information content (AvgIpc) is 2.37. The zero-order valence-electron chi connectivity index (χ0n) is 9.99. The molecule has 0 bridgehead atoms. The number of carbonyl (C=O) groups is 1. The summed E-state index contributed by atoms with van der Waals surface area (Å²) in [6.45, 7) is 2.47. The van der Waals surface area contributed by atoms with Crippen molar-refractivity contribution in [2.75, 3.05) is 6.61 Å². The van der Waals surface area contributed by atoms with Crippen LogP contribution < -0.4 is 5.32 Å². The van der Waals surface area contributed by atoms with Gasteiger partial charge < -0.3 is 10.4 Å². The van der Waals surface area contributed by atoms with E-state index in [1.165, 1.54) is 0 Å². The van der Waals surface area contributed by atoms with Crippen LogP contribution in [0.4, 0.5) is 0 Å². The van der Waals surface area contributed by atoms with Crippen LogP contribution in [0.1, 0.15) is 30.9 Å². The highest BCUT2D eigenvalue weighted by Crippen LogP contribution is 2.03. The Bertz CT molecular complexity index is 412. The van der Waals surface area contributed by atoms with Gasteiger partial charge in [0.05, 0.1) is 6.61 Å². The van der Waals surface area contributed by atoms with Gasteiger partial charge in [0, 0.05) is 24.9 Å². The van der Waals surface area contributed by atoms with E-state index in [0.29, 0.717) is 19.4 Å². The fraction of sp³-hybridized carbons (Fsp3) is 0.357. The van der Waals surface area contributed by atoms with Gasteiger partial charge in [0.2, 0.25) is 5.91 Å². The zero-order chi connectivity index (χ0) is 12.5. The molecular formula is C14H17NO2. The lowest BCUT2D eigenvalue weighted by Crippen LogP contribution is -2.21. The maximum absolute atomic E-state index is 11.1. The van der Waals surface area contributed by atoms with Crippen LogP contribution in [0.2, 0.25) is 0 Å². The van der Waals surface area contributed by atoms with Crippen molar-refractivity contribution in [3.05, 3.63) is 35.4 Å². The summed E-state index contributed by atoms with van der Waals surface area (Å²) in [5, 5.41) is 11.4. The number of rotatable bonds is 4. The Morgan fingerprint density at radius 1 is 1.35 bits per heavy atom. The molecule has 0 radical (unpaired) electrons. The number of hydrogen-bond donors (Lipinski definition) is 2. The second-order valence-electron chi connectivity index (χ2n) is 3.60. The first-order valence-corrected chi connectivity index (χ1v) is 5.71. The molecule has 0 saturated carbocycles. The topological polar surface area (TPSA) is 49.3 Å². The van der Waals surface area contributed by atoms with Crippen LogP contribution in [0.3, 0.4) is 0 Å². The van der Waals surface area contributed by atoms with Crippen LogP contribution in [-0.4, -0.2) is 17.6 Å². The molecule has 2 N–H and O–H groups in total. The van der Waals surface area contributed by atoms with Crippen molar-refractivity contribution in [3.8, 4) is 11.8 Å². The highest BCUT2D eigenvalue weighted by molar-refractivity contribution is 5.75. The van der Waals surface area contributed by atoms with Crippen molar-refractivity contribution >= 4 is 5.91 Å². The van der Waals surface area contributed by atoms with E-state index in [-0.39, 0.29) is 12.5 Å². The van der Waals surface area contributed by atoms with Crippen molar-refractivity contribution in [3.63, 3.8) is 0 Å². The minimum absolute atomic E-state index is 0.0526. The van der Waals surface area contributed by atoms with Crippen LogP contribution in [0.5, 0.6) is 0 Å². The monoisotopic (exact) mass is 231 g/mol. The highest BCUT2D eigenvalue weighted by Gasteiger charge is 1.97. The third-order valence-electron chi connectivity index (χ3n) is 2.23. The summed E-state index contributed by atoms with van der Waals surface area (Å²) in [5.74, 6) is 5.86. The van der Waals surface area contributed by atoms with E-state index in [1.54, 1.807) is 0 Å². The fourth-order valence-corrected chi connectivity index (χ4v) is 1.25. The van der Waals surface area contributed by atoms with Gasteiger partial charge in [0.15, 0.2) is 0 Å². The standard InChI is InChI=1S/C14H17NO2/c1-2-14(17)15-11-13-8-6-12(7-9-13)5-3-4-10-16/h6-9,16H,2,4,10-11H2,1H3,(H,15,17). The minimum Gasteiger partial charge on any atom is -0.395 e.